The average Bonchev–Trinajstić information content (AvgIpc) is 2.99. The minimum atomic E-state index is 0.0179. The highest BCUT2D eigenvalue weighted by Gasteiger charge is 2.55. The van der Waals surface area contributed by atoms with Gasteiger partial charge < -0.3 is 24.2 Å². The monoisotopic (exact) mass is 389 g/mol. The smallest absolute Gasteiger partial charge is 0.227 e. The van der Waals surface area contributed by atoms with Crippen molar-refractivity contribution in [1.29, 1.82) is 0 Å². The molecule has 2 fully saturated rings. The third kappa shape index (κ3) is 3.94. The van der Waals surface area contributed by atoms with Gasteiger partial charge in [-0.2, -0.15) is 0 Å². The Balaban J connectivity index is 1.68. The van der Waals surface area contributed by atoms with E-state index < -0.39 is 0 Å². The maximum absolute atomic E-state index is 12.9. The van der Waals surface area contributed by atoms with E-state index in [-0.39, 0.29) is 23.7 Å². The van der Waals surface area contributed by atoms with Gasteiger partial charge in [0.25, 0.3) is 0 Å². The van der Waals surface area contributed by atoms with E-state index in [1.165, 1.54) is 0 Å². The zero-order chi connectivity index (χ0) is 20.5. The molecule has 2 saturated heterocycles. The van der Waals surface area contributed by atoms with E-state index >= 15 is 0 Å². The SMILES string of the molecule is COc1ccc(OC)c(CC(=O)N2CC3(CN(C(C)=O)CC3CN(C)C)C2)c1. The van der Waals surface area contributed by atoms with Crippen LogP contribution in [-0.4, -0.2) is 87.6 Å². The van der Waals surface area contributed by atoms with Crippen LogP contribution in [0, 0.1) is 11.3 Å². The second-order valence-corrected chi connectivity index (χ2v) is 8.33. The summed E-state index contributed by atoms with van der Waals surface area (Å²) in [5.74, 6) is 2.00. The molecule has 1 aromatic carbocycles. The van der Waals surface area contributed by atoms with Crippen LogP contribution < -0.4 is 9.47 Å². The molecule has 7 nitrogen and oxygen atoms in total. The second-order valence-electron chi connectivity index (χ2n) is 8.33. The van der Waals surface area contributed by atoms with Gasteiger partial charge in [-0.25, -0.2) is 0 Å². The minimum Gasteiger partial charge on any atom is -0.497 e. The van der Waals surface area contributed by atoms with E-state index in [0.717, 1.165) is 25.2 Å². The van der Waals surface area contributed by atoms with Crippen LogP contribution >= 0.6 is 0 Å². The number of amides is 2. The molecule has 7 heteroatoms. The molecule has 1 spiro atoms. The molecule has 154 valence electrons. The van der Waals surface area contributed by atoms with E-state index in [4.69, 9.17) is 9.47 Å². The fourth-order valence-corrected chi connectivity index (χ4v) is 4.51. The lowest BCUT2D eigenvalue weighted by Crippen LogP contribution is -2.63. The Kier molecular flexibility index (Phi) is 5.84. The van der Waals surface area contributed by atoms with Crippen LogP contribution in [0.1, 0.15) is 12.5 Å². The van der Waals surface area contributed by atoms with Crippen molar-refractivity contribution >= 4 is 11.8 Å². The summed E-state index contributed by atoms with van der Waals surface area (Å²) in [4.78, 5) is 30.8. The molecule has 0 aliphatic carbocycles. The maximum Gasteiger partial charge on any atom is 0.227 e. The highest BCUT2D eigenvalue weighted by Crippen LogP contribution is 2.44. The Hall–Kier alpha value is -2.28. The van der Waals surface area contributed by atoms with Crippen LogP contribution in [0.25, 0.3) is 0 Å². The number of benzene rings is 1. The maximum atomic E-state index is 12.9. The molecule has 3 rings (SSSR count). The molecular formula is C21H31N3O4. The molecule has 2 aliphatic heterocycles. The number of ether oxygens (including phenoxy) is 2. The molecule has 1 aromatic rings. The van der Waals surface area contributed by atoms with Crippen LogP contribution in [-0.2, 0) is 16.0 Å². The van der Waals surface area contributed by atoms with Gasteiger partial charge in [0, 0.05) is 50.6 Å². The Morgan fingerprint density at radius 2 is 1.82 bits per heavy atom. The highest BCUT2D eigenvalue weighted by atomic mass is 16.5. The van der Waals surface area contributed by atoms with E-state index in [9.17, 15) is 9.59 Å². The first-order chi connectivity index (χ1) is 13.3. The predicted octanol–water partition coefficient (Wildman–Crippen LogP) is 1.11. The molecule has 1 unspecified atom stereocenters. The minimum absolute atomic E-state index is 0.0179. The fraction of sp³-hybridized carbons (Fsp3) is 0.619. The first kappa shape index (κ1) is 20.5. The zero-order valence-electron chi connectivity index (χ0n) is 17.5. The van der Waals surface area contributed by atoms with Crippen molar-refractivity contribution in [2.45, 2.75) is 13.3 Å². The van der Waals surface area contributed by atoms with E-state index in [2.05, 4.69) is 19.0 Å². The molecule has 0 bridgehead atoms. The van der Waals surface area contributed by atoms with Crippen LogP contribution in [0.3, 0.4) is 0 Å². The molecule has 2 heterocycles. The lowest BCUT2D eigenvalue weighted by Gasteiger charge is -2.51. The lowest BCUT2D eigenvalue weighted by atomic mass is 9.71. The normalized spacial score (nSPS) is 20.4. The van der Waals surface area contributed by atoms with Gasteiger partial charge in [0.1, 0.15) is 11.5 Å². The standard InChI is InChI=1S/C21H31N3O4/c1-15(25)23-11-17(10-22(2)3)21(12-23)13-24(14-21)20(26)9-16-8-18(27-4)6-7-19(16)28-5/h6-8,17H,9-14H2,1-5H3. The summed E-state index contributed by atoms with van der Waals surface area (Å²) in [5, 5.41) is 0. The fourth-order valence-electron chi connectivity index (χ4n) is 4.51. The molecule has 0 radical (unpaired) electrons. The molecule has 0 aromatic heterocycles. The zero-order valence-corrected chi connectivity index (χ0v) is 17.5. The Labute approximate surface area is 167 Å². The number of methoxy groups -OCH3 is 2. The largest absolute Gasteiger partial charge is 0.497 e. The van der Waals surface area contributed by atoms with E-state index in [1.54, 1.807) is 21.1 Å². The van der Waals surface area contributed by atoms with Crippen LogP contribution in [0.15, 0.2) is 18.2 Å². The number of hydrogen-bond acceptors (Lipinski definition) is 5. The first-order valence-electron chi connectivity index (χ1n) is 9.67. The topological polar surface area (TPSA) is 62.3 Å². The van der Waals surface area contributed by atoms with Gasteiger partial charge in [-0.15, -0.1) is 0 Å². The van der Waals surface area contributed by atoms with Crippen LogP contribution in [0.4, 0.5) is 0 Å². The average molecular weight is 389 g/mol. The van der Waals surface area contributed by atoms with Gasteiger partial charge in [0.05, 0.1) is 20.6 Å². The number of likely N-dealkylation sites (tertiary alicyclic amines) is 2. The lowest BCUT2D eigenvalue weighted by molar-refractivity contribution is -0.145. The summed E-state index contributed by atoms with van der Waals surface area (Å²) >= 11 is 0. The van der Waals surface area contributed by atoms with Gasteiger partial charge in [0.2, 0.25) is 11.8 Å². The Bertz CT molecular complexity index is 743. The van der Waals surface area contributed by atoms with Gasteiger partial charge in [0.15, 0.2) is 0 Å². The summed E-state index contributed by atoms with van der Waals surface area (Å²) < 4.78 is 10.7. The van der Waals surface area contributed by atoms with E-state index in [0.29, 0.717) is 30.5 Å². The number of carbonyl (C=O) groups excluding carboxylic acids is 2. The molecule has 2 amide bonds. The van der Waals surface area contributed by atoms with Crippen molar-refractivity contribution in [3.8, 4) is 11.5 Å². The summed E-state index contributed by atoms with van der Waals surface area (Å²) in [6.07, 6.45) is 0.283. The first-order valence-corrected chi connectivity index (χ1v) is 9.67. The third-order valence-corrected chi connectivity index (χ3v) is 6.04. The van der Waals surface area contributed by atoms with Gasteiger partial charge in [-0.05, 0) is 38.2 Å². The van der Waals surface area contributed by atoms with Gasteiger partial charge in [-0.3, -0.25) is 9.59 Å². The quantitative estimate of drug-likeness (QED) is 0.730. The Morgan fingerprint density at radius 1 is 1.14 bits per heavy atom. The van der Waals surface area contributed by atoms with Crippen molar-refractivity contribution in [2.24, 2.45) is 11.3 Å². The number of rotatable bonds is 6. The molecule has 1 atom stereocenters. The predicted molar refractivity (Wildman–Crippen MR) is 107 cm³/mol. The number of carbonyl (C=O) groups is 2. The van der Waals surface area contributed by atoms with Crippen molar-refractivity contribution in [3.05, 3.63) is 23.8 Å². The molecule has 28 heavy (non-hydrogen) atoms. The summed E-state index contributed by atoms with van der Waals surface area (Å²) in [7, 11) is 7.33. The van der Waals surface area contributed by atoms with E-state index in [1.807, 2.05) is 28.0 Å². The second kappa shape index (κ2) is 7.99. The van der Waals surface area contributed by atoms with Gasteiger partial charge in [-0.1, -0.05) is 0 Å². The van der Waals surface area contributed by atoms with Crippen molar-refractivity contribution in [1.82, 2.24) is 14.7 Å². The summed E-state index contributed by atoms with van der Waals surface area (Å²) in [5.41, 5.74) is 0.846. The molecular weight excluding hydrogens is 358 g/mol. The van der Waals surface area contributed by atoms with Crippen LogP contribution in [0.5, 0.6) is 11.5 Å². The molecule has 0 saturated carbocycles. The third-order valence-electron chi connectivity index (χ3n) is 6.04. The van der Waals surface area contributed by atoms with Gasteiger partial charge >= 0.3 is 0 Å². The van der Waals surface area contributed by atoms with Crippen LogP contribution in [0.2, 0.25) is 0 Å². The van der Waals surface area contributed by atoms with Crippen molar-refractivity contribution in [2.75, 3.05) is 61.0 Å². The van der Waals surface area contributed by atoms with Crippen molar-refractivity contribution < 1.29 is 19.1 Å². The summed E-state index contributed by atoms with van der Waals surface area (Å²) in [6.45, 7) is 5.49. The molecule has 0 N–H and O–H groups in total. The Morgan fingerprint density at radius 3 is 2.39 bits per heavy atom. The number of hydrogen-bond donors (Lipinski definition) is 0. The summed E-state index contributed by atoms with van der Waals surface area (Å²) in [6, 6.07) is 5.51. The number of nitrogens with zero attached hydrogens (tertiary/aromatic N) is 3. The highest BCUT2D eigenvalue weighted by molar-refractivity contribution is 5.81. The molecule has 2 aliphatic rings. The van der Waals surface area contributed by atoms with Crippen molar-refractivity contribution in [3.63, 3.8) is 0 Å².